The van der Waals surface area contributed by atoms with Crippen LogP contribution in [0.1, 0.15) is 11.6 Å². The molecule has 0 saturated carbocycles. The van der Waals surface area contributed by atoms with Crippen LogP contribution in [0, 0.1) is 0 Å². The van der Waals surface area contributed by atoms with Crippen molar-refractivity contribution < 1.29 is 9.47 Å². The summed E-state index contributed by atoms with van der Waals surface area (Å²) in [7, 11) is 3.44. The molecule has 114 valence electrons. The number of nitrogens with two attached hydrogens (primary N) is 1. The summed E-state index contributed by atoms with van der Waals surface area (Å²) < 4.78 is 10.4. The zero-order valence-corrected chi connectivity index (χ0v) is 13.5. The largest absolute Gasteiger partial charge is 0.383 e. The van der Waals surface area contributed by atoms with Crippen molar-refractivity contribution in [2.24, 2.45) is 5.73 Å². The Morgan fingerprint density at radius 2 is 1.65 bits per heavy atom. The van der Waals surface area contributed by atoms with Crippen molar-refractivity contribution in [3.05, 3.63) is 29.8 Å². The molecule has 0 fully saturated rings. The molecule has 1 atom stereocenters. The van der Waals surface area contributed by atoms with Crippen LogP contribution in [-0.2, 0) is 9.47 Å². The fourth-order valence-electron chi connectivity index (χ4n) is 2.16. The molecule has 5 heteroatoms. The molecule has 0 saturated heterocycles. The lowest BCUT2D eigenvalue weighted by Crippen LogP contribution is -2.38. The second-order valence-corrected chi connectivity index (χ2v) is 5.43. The summed E-state index contributed by atoms with van der Waals surface area (Å²) in [5.74, 6) is 0. The van der Waals surface area contributed by atoms with E-state index in [1.54, 1.807) is 26.0 Å². The minimum atomic E-state index is 0.205. The molecule has 1 rings (SSSR count). The zero-order chi connectivity index (χ0) is 14.8. The van der Waals surface area contributed by atoms with E-state index in [1.807, 2.05) is 0 Å². The van der Waals surface area contributed by atoms with Gasteiger partial charge in [0.25, 0.3) is 0 Å². The van der Waals surface area contributed by atoms with Crippen molar-refractivity contribution in [2.75, 3.05) is 53.3 Å². The first-order valence-electron chi connectivity index (χ1n) is 6.82. The molecule has 4 nitrogen and oxygen atoms in total. The van der Waals surface area contributed by atoms with Crippen LogP contribution in [0.4, 0.5) is 0 Å². The highest BCUT2D eigenvalue weighted by Gasteiger charge is 2.18. The van der Waals surface area contributed by atoms with Crippen LogP contribution in [0.2, 0.25) is 0 Å². The normalized spacial score (nSPS) is 12.8. The molecule has 0 bridgehead atoms. The van der Waals surface area contributed by atoms with Gasteiger partial charge in [0.2, 0.25) is 0 Å². The van der Waals surface area contributed by atoms with Crippen LogP contribution in [0.5, 0.6) is 0 Å². The monoisotopic (exact) mass is 298 g/mol. The topological polar surface area (TPSA) is 47.7 Å². The summed E-state index contributed by atoms with van der Waals surface area (Å²) in [5, 5.41) is 0. The van der Waals surface area contributed by atoms with Crippen molar-refractivity contribution in [3.8, 4) is 0 Å². The lowest BCUT2D eigenvalue weighted by atomic mass is 10.1. The number of rotatable bonds is 10. The van der Waals surface area contributed by atoms with Crippen molar-refractivity contribution >= 4 is 11.8 Å². The Bertz CT molecular complexity index is 351. The molecule has 0 aliphatic heterocycles. The molecular weight excluding hydrogens is 272 g/mol. The number of methoxy groups -OCH3 is 2. The van der Waals surface area contributed by atoms with Crippen LogP contribution >= 0.6 is 11.8 Å². The van der Waals surface area contributed by atoms with Gasteiger partial charge in [-0.15, -0.1) is 11.8 Å². The Labute approximate surface area is 126 Å². The van der Waals surface area contributed by atoms with Gasteiger partial charge in [-0.3, -0.25) is 4.90 Å². The van der Waals surface area contributed by atoms with Gasteiger partial charge in [-0.2, -0.15) is 0 Å². The van der Waals surface area contributed by atoms with Crippen molar-refractivity contribution in [1.82, 2.24) is 4.90 Å². The van der Waals surface area contributed by atoms with Crippen LogP contribution in [0.15, 0.2) is 29.2 Å². The molecule has 0 aromatic heterocycles. The summed E-state index contributed by atoms with van der Waals surface area (Å²) >= 11 is 1.75. The highest BCUT2D eigenvalue weighted by Crippen LogP contribution is 2.22. The zero-order valence-electron chi connectivity index (χ0n) is 12.7. The molecule has 0 radical (unpaired) electrons. The summed E-state index contributed by atoms with van der Waals surface area (Å²) in [5.41, 5.74) is 7.24. The van der Waals surface area contributed by atoms with E-state index < -0.39 is 0 Å². The summed E-state index contributed by atoms with van der Waals surface area (Å²) in [4.78, 5) is 3.59. The highest BCUT2D eigenvalue weighted by molar-refractivity contribution is 7.98. The third-order valence-electron chi connectivity index (χ3n) is 3.33. The van der Waals surface area contributed by atoms with Crippen LogP contribution in [0.25, 0.3) is 0 Å². The van der Waals surface area contributed by atoms with Gasteiger partial charge < -0.3 is 15.2 Å². The van der Waals surface area contributed by atoms with Gasteiger partial charge in [-0.25, -0.2) is 0 Å². The Balaban J connectivity index is 2.80. The molecule has 0 spiro atoms. The Morgan fingerprint density at radius 3 is 2.05 bits per heavy atom. The Kier molecular flexibility index (Phi) is 8.89. The van der Waals surface area contributed by atoms with E-state index in [4.69, 9.17) is 15.2 Å². The smallest absolute Gasteiger partial charge is 0.0589 e. The van der Waals surface area contributed by atoms with Crippen LogP contribution < -0.4 is 5.73 Å². The van der Waals surface area contributed by atoms with Crippen LogP contribution in [0.3, 0.4) is 0 Å². The standard InChI is InChI=1S/C15H26N2O2S/c1-18-10-8-17(9-11-19-2)15(12-16)13-4-6-14(20-3)7-5-13/h4-7,15H,8-12,16H2,1-3H3. The first-order chi connectivity index (χ1) is 9.76. The molecule has 0 heterocycles. The molecule has 1 unspecified atom stereocenters. The summed E-state index contributed by atoms with van der Waals surface area (Å²) in [6.45, 7) is 3.69. The third kappa shape index (κ3) is 5.42. The van der Waals surface area contributed by atoms with E-state index in [1.165, 1.54) is 10.5 Å². The van der Waals surface area contributed by atoms with Crippen LogP contribution in [-0.4, -0.2) is 58.2 Å². The Hall–Kier alpha value is -0.590. The fraction of sp³-hybridized carbons (Fsp3) is 0.600. The van der Waals surface area contributed by atoms with E-state index in [0.717, 1.165) is 13.1 Å². The summed E-state index contributed by atoms with van der Waals surface area (Å²) in [6.07, 6.45) is 2.08. The van der Waals surface area contributed by atoms with E-state index >= 15 is 0 Å². The number of thioether (sulfide) groups is 1. The minimum absolute atomic E-state index is 0.205. The van der Waals surface area contributed by atoms with Gasteiger partial charge in [-0.1, -0.05) is 12.1 Å². The molecular formula is C15H26N2O2S. The van der Waals surface area contributed by atoms with Crippen molar-refractivity contribution in [1.29, 1.82) is 0 Å². The van der Waals surface area contributed by atoms with Gasteiger partial charge in [0.05, 0.1) is 13.2 Å². The average molecular weight is 298 g/mol. The van der Waals surface area contributed by atoms with Gasteiger partial charge in [0.15, 0.2) is 0 Å². The first-order valence-corrected chi connectivity index (χ1v) is 8.05. The molecule has 1 aromatic carbocycles. The van der Waals surface area contributed by atoms with Gasteiger partial charge in [0.1, 0.15) is 0 Å². The molecule has 20 heavy (non-hydrogen) atoms. The molecule has 2 N–H and O–H groups in total. The first kappa shape index (κ1) is 17.5. The average Bonchev–Trinajstić information content (AvgIpc) is 2.50. The van der Waals surface area contributed by atoms with E-state index in [-0.39, 0.29) is 6.04 Å². The second kappa shape index (κ2) is 10.2. The minimum Gasteiger partial charge on any atom is -0.383 e. The lowest BCUT2D eigenvalue weighted by molar-refractivity contribution is 0.0891. The number of benzene rings is 1. The number of hydrogen-bond donors (Lipinski definition) is 1. The van der Waals surface area contributed by atoms with Crippen molar-refractivity contribution in [2.45, 2.75) is 10.9 Å². The van der Waals surface area contributed by atoms with E-state index in [9.17, 15) is 0 Å². The third-order valence-corrected chi connectivity index (χ3v) is 4.07. The van der Waals surface area contributed by atoms with Gasteiger partial charge in [0, 0.05) is 44.8 Å². The molecule has 1 aromatic rings. The number of ether oxygens (including phenoxy) is 2. The predicted octanol–water partition coefficient (Wildman–Crippen LogP) is 2.00. The second-order valence-electron chi connectivity index (χ2n) is 4.55. The van der Waals surface area contributed by atoms with Gasteiger partial charge in [-0.05, 0) is 24.0 Å². The maximum atomic E-state index is 5.99. The molecule has 0 amide bonds. The fourth-order valence-corrected chi connectivity index (χ4v) is 2.57. The van der Waals surface area contributed by atoms with E-state index in [2.05, 4.69) is 35.4 Å². The van der Waals surface area contributed by atoms with Crippen molar-refractivity contribution in [3.63, 3.8) is 0 Å². The maximum Gasteiger partial charge on any atom is 0.0589 e. The summed E-state index contributed by atoms with van der Waals surface area (Å²) in [6, 6.07) is 8.82. The molecule has 0 aliphatic rings. The van der Waals surface area contributed by atoms with E-state index in [0.29, 0.717) is 19.8 Å². The highest BCUT2D eigenvalue weighted by atomic mass is 32.2. The number of hydrogen-bond acceptors (Lipinski definition) is 5. The van der Waals surface area contributed by atoms with Gasteiger partial charge >= 0.3 is 0 Å². The molecule has 0 aliphatic carbocycles. The SMILES string of the molecule is COCCN(CCOC)C(CN)c1ccc(SC)cc1. The number of nitrogens with zero attached hydrogens (tertiary/aromatic N) is 1. The Morgan fingerprint density at radius 1 is 1.10 bits per heavy atom. The predicted molar refractivity (Wildman–Crippen MR) is 85.3 cm³/mol. The maximum absolute atomic E-state index is 5.99. The lowest BCUT2D eigenvalue weighted by Gasteiger charge is -2.31. The quantitative estimate of drug-likeness (QED) is 0.670.